The van der Waals surface area contributed by atoms with Gasteiger partial charge in [-0.05, 0) is 193 Å². The highest BCUT2D eigenvalue weighted by Crippen LogP contribution is 2.67. The van der Waals surface area contributed by atoms with Crippen LogP contribution in [-0.4, -0.2) is 11.8 Å². The van der Waals surface area contributed by atoms with Gasteiger partial charge in [-0.2, -0.15) is 0 Å². The lowest BCUT2D eigenvalue weighted by molar-refractivity contribution is 0.146. The Labute approximate surface area is 464 Å². The van der Waals surface area contributed by atoms with Crippen molar-refractivity contribution in [2.75, 3.05) is 0 Å². The maximum Gasteiger partial charge on any atom is 0.0725 e. The zero-order chi connectivity index (χ0) is 52.6. The summed E-state index contributed by atoms with van der Waals surface area (Å²) in [5.74, 6) is 2.90. The van der Waals surface area contributed by atoms with Crippen LogP contribution in [0.25, 0.3) is 71.3 Å². The van der Waals surface area contributed by atoms with Crippen LogP contribution in [0.3, 0.4) is 0 Å². The first kappa shape index (κ1) is 45.8. The Balaban J connectivity index is 0.821. The zero-order valence-electron chi connectivity index (χ0n) is 45.7. The molecule has 79 heavy (non-hydrogen) atoms. The number of nitrogens with zero attached hydrogens (tertiary/aromatic N) is 1. The minimum atomic E-state index is -0.378. The first-order chi connectivity index (χ1) is 38.8. The van der Waals surface area contributed by atoms with E-state index in [-0.39, 0.29) is 29.2 Å². The van der Waals surface area contributed by atoms with Crippen LogP contribution in [-0.2, 0) is 5.41 Å². The van der Waals surface area contributed by atoms with Crippen LogP contribution in [0.4, 0.5) is 0 Å². The summed E-state index contributed by atoms with van der Waals surface area (Å²) in [6.45, 7) is 12.8. The highest BCUT2D eigenvalue weighted by atomic mass is 14.9. The molecule has 0 fully saturated rings. The summed E-state index contributed by atoms with van der Waals surface area (Å²) in [7, 11) is 0. The van der Waals surface area contributed by atoms with E-state index < -0.39 is 0 Å². The smallest absolute Gasteiger partial charge is 0.0725 e. The second kappa shape index (κ2) is 16.7. The van der Waals surface area contributed by atoms with Gasteiger partial charge in [0.05, 0.1) is 11.5 Å². The summed E-state index contributed by atoms with van der Waals surface area (Å²) in [6.07, 6.45) is 8.57. The molecule has 0 saturated carbocycles. The maximum atomic E-state index is 6.30. The summed E-state index contributed by atoms with van der Waals surface area (Å²) in [6, 6.07) is 77.6. The van der Waals surface area contributed by atoms with Crippen molar-refractivity contribution in [3.05, 3.63) is 280 Å². The molecule has 1 spiro atoms. The van der Waals surface area contributed by atoms with E-state index in [9.17, 15) is 0 Å². The molecular weight excluding hydrogens is 951 g/mol. The third-order valence-electron chi connectivity index (χ3n) is 21.4. The van der Waals surface area contributed by atoms with Gasteiger partial charge in [0, 0.05) is 23.5 Å². The fraction of sp³-hybridized carbons (Fsp3) is 0.218. The Morgan fingerprint density at radius 1 is 0.481 bits per heavy atom. The number of rotatable bonds is 6. The fourth-order valence-corrected chi connectivity index (χ4v) is 17.8. The predicted molar refractivity (Wildman–Crippen MR) is 330 cm³/mol. The summed E-state index contributed by atoms with van der Waals surface area (Å²) in [4.78, 5) is 6.30. The number of benzene rings is 10. The Morgan fingerprint density at radius 3 is 1.82 bits per heavy atom. The molecule has 0 bridgehead atoms. The van der Waals surface area contributed by atoms with Gasteiger partial charge in [-0.3, -0.25) is 4.99 Å². The molecule has 17 rings (SSSR count). The van der Waals surface area contributed by atoms with Gasteiger partial charge in [-0.1, -0.05) is 235 Å². The lowest BCUT2D eigenvalue weighted by atomic mass is 9.58. The van der Waals surface area contributed by atoms with Gasteiger partial charge in [0.2, 0.25) is 0 Å². The summed E-state index contributed by atoms with van der Waals surface area (Å²) < 4.78 is 0. The predicted octanol–water partition coefficient (Wildman–Crippen LogP) is 19.5. The molecule has 1 aliphatic heterocycles. The average molecular weight is 1010 g/mol. The molecule has 10 aromatic carbocycles. The first-order valence-electron chi connectivity index (χ1n) is 29.6. The second-order valence-electron chi connectivity index (χ2n) is 24.7. The molecule has 11 atom stereocenters. The second-order valence-corrected chi connectivity index (χ2v) is 24.7. The lowest BCUT2D eigenvalue weighted by Gasteiger charge is -2.45. The van der Waals surface area contributed by atoms with Crippen LogP contribution < -0.4 is 0 Å². The average Bonchev–Trinajstić information content (AvgIpc) is 2.36. The number of hydrogen-bond donors (Lipinski definition) is 0. The third kappa shape index (κ3) is 6.09. The minimum absolute atomic E-state index is 0.0909. The van der Waals surface area contributed by atoms with Crippen LogP contribution in [0.15, 0.2) is 235 Å². The molecule has 10 aromatic rings. The lowest BCUT2D eigenvalue weighted by Crippen LogP contribution is -2.39. The van der Waals surface area contributed by atoms with Gasteiger partial charge in [-0.15, -0.1) is 0 Å². The molecule has 0 aromatic heterocycles. The molecule has 11 unspecified atom stereocenters. The molecule has 6 aliphatic carbocycles. The maximum absolute atomic E-state index is 6.30. The van der Waals surface area contributed by atoms with Crippen LogP contribution in [0, 0.1) is 35.5 Å². The van der Waals surface area contributed by atoms with Crippen molar-refractivity contribution in [1.29, 1.82) is 0 Å². The van der Waals surface area contributed by atoms with Crippen LogP contribution in [0.1, 0.15) is 109 Å². The van der Waals surface area contributed by atoms with E-state index in [4.69, 9.17) is 4.99 Å². The van der Waals surface area contributed by atoms with Gasteiger partial charge < -0.3 is 0 Å². The topological polar surface area (TPSA) is 12.4 Å². The highest BCUT2D eigenvalue weighted by molar-refractivity contribution is 6.29. The summed E-state index contributed by atoms with van der Waals surface area (Å²) in [5.41, 5.74) is 26.2. The standard InChI is InChI=1S/C78H63N/c1-6-52-72(73-45(4)53-36-35-49(47-21-9-7-10-22-47)38-62(53)54-25-13-14-28-57(54)73)43(2)44(3)76(79-77(52)48-23-11-8-12-24-48)46(5)71-60-31-19-29-58-63-41-66-56-27-16-18-34-68(56)78(70(66)42-64(63)59-30-20-32-61(71)75(59)74(58)60)67-33-17-15-26-55(67)65-39-50-37-51(50)40-69(65)78/h7-46,50,52,71-73,76H,6H2,1-5H3. The Bertz CT molecular complexity index is 4410. The Kier molecular flexibility index (Phi) is 9.69. The van der Waals surface area contributed by atoms with Gasteiger partial charge >= 0.3 is 0 Å². The molecule has 7 aliphatic rings. The van der Waals surface area contributed by atoms with E-state index >= 15 is 0 Å². The monoisotopic (exact) mass is 1010 g/mol. The Hall–Kier alpha value is -8.13. The molecule has 0 radical (unpaired) electrons. The zero-order valence-corrected chi connectivity index (χ0v) is 45.7. The molecule has 1 heterocycles. The molecule has 380 valence electrons. The van der Waals surface area contributed by atoms with E-state index in [1.54, 1.807) is 0 Å². The normalized spacial score (nSPS) is 26.5. The molecule has 0 N–H and O–H groups in total. The first-order valence-corrected chi connectivity index (χ1v) is 29.6. The Morgan fingerprint density at radius 2 is 1.10 bits per heavy atom. The van der Waals surface area contributed by atoms with E-state index in [1.807, 2.05) is 0 Å². The molecule has 0 amide bonds. The molecular formula is C78H63N. The largest absolute Gasteiger partial charge is 0.285 e. The van der Waals surface area contributed by atoms with E-state index in [0.29, 0.717) is 35.5 Å². The van der Waals surface area contributed by atoms with Gasteiger partial charge in [0.15, 0.2) is 0 Å². The minimum Gasteiger partial charge on any atom is -0.285 e. The number of fused-ring (bicyclic) bond motifs is 17. The van der Waals surface area contributed by atoms with Crippen molar-refractivity contribution in [3.63, 3.8) is 0 Å². The quantitative estimate of drug-likeness (QED) is 0.147. The summed E-state index contributed by atoms with van der Waals surface area (Å²) in [5, 5.41) is 8.38. The van der Waals surface area contributed by atoms with Gasteiger partial charge in [0.25, 0.3) is 0 Å². The van der Waals surface area contributed by atoms with Crippen molar-refractivity contribution < 1.29 is 0 Å². The van der Waals surface area contributed by atoms with Crippen LogP contribution in [0.2, 0.25) is 0 Å². The van der Waals surface area contributed by atoms with Crippen molar-refractivity contribution in [1.82, 2.24) is 0 Å². The number of hydrogen-bond acceptors (Lipinski definition) is 1. The molecule has 0 saturated heterocycles. The molecule has 1 nitrogen and oxygen atoms in total. The van der Waals surface area contributed by atoms with Crippen LogP contribution >= 0.6 is 0 Å². The molecule has 1 heteroatoms. The SMILES string of the molecule is CCC1C(c2ccccc2)=NC(C(C)C2c3cccc4c5cc6c(cc5c5cccc2c5c34)C2(C3=CC4=CC4C=C3c3ccccc32)c2ccccc2-6)C(C)C(C)C1C1c2ccccc2-c2cc(-c3ccccc3)ccc2C1C. The van der Waals surface area contributed by atoms with E-state index in [0.717, 1.165) is 6.42 Å². The van der Waals surface area contributed by atoms with E-state index in [1.165, 1.54) is 138 Å². The van der Waals surface area contributed by atoms with E-state index in [2.05, 4.69) is 253 Å². The number of aliphatic imine (C=N–C) groups is 1. The van der Waals surface area contributed by atoms with Gasteiger partial charge in [0.1, 0.15) is 0 Å². The van der Waals surface area contributed by atoms with Crippen molar-refractivity contribution in [2.24, 2.45) is 40.5 Å². The van der Waals surface area contributed by atoms with Crippen molar-refractivity contribution in [2.45, 2.75) is 70.3 Å². The van der Waals surface area contributed by atoms with Crippen molar-refractivity contribution >= 4 is 43.6 Å². The number of allylic oxidation sites excluding steroid dienone is 6. The third-order valence-corrected chi connectivity index (χ3v) is 21.4. The fourth-order valence-electron chi connectivity index (χ4n) is 17.8. The van der Waals surface area contributed by atoms with Crippen LogP contribution in [0.5, 0.6) is 0 Å². The van der Waals surface area contributed by atoms with Crippen molar-refractivity contribution in [3.8, 4) is 33.4 Å². The highest BCUT2D eigenvalue weighted by Gasteiger charge is 2.55. The van der Waals surface area contributed by atoms with Gasteiger partial charge in [-0.25, -0.2) is 0 Å². The summed E-state index contributed by atoms with van der Waals surface area (Å²) >= 11 is 0.